The molecule has 0 aromatic carbocycles. The van der Waals surface area contributed by atoms with Gasteiger partial charge in [0.1, 0.15) is 5.82 Å². The van der Waals surface area contributed by atoms with Gasteiger partial charge in [-0.25, -0.2) is 9.97 Å². The second kappa shape index (κ2) is 61.3. The number of hydrogen-bond acceptors (Lipinski definition) is 2. The summed E-state index contributed by atoms with van der Waals surface area (Å²) < 4.78 is 0. The van der Waals surface area contributed by atoms with E-state index in [1.54, 1.807) is 5.56 Å². The fourth-order valence-corrected chi connectivity index (χ4v) is 12.2. The van der Waals surface area contributed by atoms with E-state index in [0.29, 0.717) is 0 Å². The van der Waals surface area contributed by atoms with Gasteiger partial charge in [-0.05, 0) is 44.1 Å². The van der Waals surface area contributed by atoms with Crippen molar-refractivity contribution < 1.29 is 0 Å². The van der Waals surface area contributed by atoms with E-state index < -0.39 is 0 Å². The monoisotopic (exact) mass is 1030 g/mol. The van der Waals surface area contributed by atoms with E-state index in [4.69, 9.17) is 9.97 Å². The normalized spacial score (nSPS) is 11.7. The standard InChI is InChI=1S/C72H140N2/c1-5-9-12-15-18-21-24-27-30-33-36-39-42-45-48-51-54-57-60-63-66-69-70(67-64-61-58-55-52-49-46-43-40-37-34-31-28-25-22-19-16-13-10-6-2)73-72(8-4)74-71(69)68-65-62-59-56-53-50-47-44-41-38-35-32-29-26-23-20-17-14-11-7-3/h5-68H2,1-4H3. The third kappa shape index (κ3) is 50.6. The maximum absolute atomic E-state index is 5.30. The van der Waals surface area contributed by atoms with Gasteiger partial charge >= 0.3 is 0 Å². The first-order valence-corrected chi connectivity index (χ1v) is 35.6. The van der Waals surface area contributed by atoms with Gasteiger partial charge in [-0.2, -0.15) is 0 Å². The van der Waals surface area contributed by atoms with Crippen LogP contribution in [-0.2, 0) is 25.7 Å². The van der Waals surface area contributed by atoms with Crippen LogP contribution in [0.4, 0.5) is 0 Å². The molecule has 0 saturated heterocycles. The quantitative estimate of drug-likeness (QED) is 0.0608. The molecule has 74 heavy (non-hydrogen) atoms. The molecule has 0 aliphatic rings. The van der Waals surface area contributed by atoms with Crippen LogP contribution in [0.3, 0.4) is 0 Å². The van der Waals surface area contributed by atoms with E-state index >= 15 is 0 Å². The van der Waals surface area contributed by atoms with E-state index in [0.717, 1.165) is 12.2 Å². The van der Waals surface area contributed by atoms with Crippen LogP contribution in [0.1, 0.15) is 436 Å². The third-order valence-corrected chi connectivity index (χ3v) is 17.4. The first kappa shape index (κ1) is 71.1. The van der Waals surface area contributed by atoms with Crippen molar-refractivity contribution in [2.75, 3.05) is 0 Å². The molecule has 2 nitrogen and oxygen atoms in total. The third-order valence-electron chi connectivity index (χ3n) is 17.4. The fraction of sp³-hybridized carbons (Fsp3) is 0.944. The molecule has 0 atom stereocenters. The molecule has 1 aromatic rings. The largest absolute Gasteiger partial charge is 0.238 e. The van der Waals surface area contributed by atoms with Crippen molar-refractivity contribution in [1.29, 1.82) is 0 Å². The van der Waals surface area contributed by atoms with Crippen LogP contribution in [0.5, 0.6) is 0 Å². The number of unbranched alkanes of at least 4 members (excludes halogenated alkanes) is 57. The molecule has 1 aromatic heterocycles. The lowest BCUT2D eigenvalue weighted by Crippen LogP contribution is -2.11. The highest BCUT2D eigenvalue weighted by molar-refractivity contribution is 5.27. The average molecular weight is 1030 g/mol. The highest BCUT2D eigenvalue weighted by Crippen LogP contribution is 2.24. The molecular weight excluding hydrogens is 893 g/mol. The second-order valence-corrected chi connectivity index (χ2v) is 24.8. The molecule has 0 aliphatic carbocycles. The Balaban J connectivity index is 2.36. The zero-order chi connectivity index (χ0) is 53.0. The van der Waals surface area contributed by atoms with Gasteiger partial charge in [0, 0.05) is 17.8 Å². The first-order valence-electron chi connectivity index (χ1n) is 35.6. The van der Waals surface area contributed by atoms with E-state index in [-0.39, 0.29) is 0 Å². The van der Waals surface area contributed by atoms with Gasteiger partial charge in [0.25, 0.3) is 0 Å². The van der Waals surface area contributed by atoms with Gasteiger partial charge < -0.3 is 0 Å². The van der Waals surface area contributed by atoms with Crippen molar-refractivity contribution in [1.82, 2.24) is 9.97 Å². The molecule has 0 spiro atoms. The molecule has 0 amide bonds. The van der Waals surface area contributed by atoms with Crippen molar-refractivity contribution in [2.24, 2.45) is 0 Å². The number of hydrogen-bond donors (Lipinski definition) is 0. The summed E-state index contributed by atoms with van der Waals surface area (Å²) in [5.74, 6) is 1.11. The van der Waals surface area contributed by atoms with Gasteiger partial charge in [0.2, 0.25) is 0 Å². The molecule has 1 rings (SSSR count). The minimum absolute atomic E-state index is 0.970. The summed E-state index contributed by atoms with van der Waals surface area (Å²) in [7, 11) is 0. The molecule has 0 fully saturated rings. The minimum Gasteiger partial charge on any atom is -0.238 e. The summed E-state index contributed by atoms with van der Waals surface area (Å²) in [4.78, 5) is 10.6. The first-order chi connectivity index (χ1) is 36.8. The Labute approximate surface area is 469 Å². The summed E-state index contributed by atoms with van der Waals surface area (Å²) in [6, 6.07) is 0. The Morgan fingerprint density at radius 3 is 0.486 bits per heavy atom. The zero-order valence-corrected chi connectivity index (χ0v) is 52.1. The average Bonchev–Trinajstić information content (AvgIpc) is 3.41. The highest BCUT2D eigenvalue weighted by Gasteiger charge is 2.14. The SMILES string of the molecule is CCCCCCCCCCCCCCCCCCCCCCc1nc(CC)nc(CCCCCCCCCCCCCCCCCCCCCC)c1CCCCCCCCCCCCCCCCCCCCCC. The molecule has 0 saturated carbocycles. The molecule has 0 bridgehead atoms. The Bertz CT molecular complexity index is 1120. The lowest BCUT2D eigenvalue weighted by molar-refractivity contribution is 0.520. The molecule has 2 heteroatoms. The topological polar surface area (TPSA) is 25.8 Å². The Morgan fingerprint density at radius 1 is 0.176 bits per heavy atom. The van der Waals surface area contributed by atoms with Crippen LogP contribution in [-0.4, -0.2) is 9.97 Å². The number of nitrogens with zero attached hydrogens (tertiary/aromatic N) is 2. The predicted octanol–water partition coefficient (Wildman–Crippen LogP) is 26.1. The van der Waals surface area contributed by atoms with Crippen molar-refractivity contribution in [3.63, 3.8) is 0 Å². The number of aryl methyl sites for hydroxylation is 3. The number of rotatable bonds is 64. The van der Waals surface area contributed by atoms with Crippen LogP contribution >= 0.6 is 0 Å². The van der Waals surface area contributed by atoms with E-state index in [2.05, 4.69) is 27.7 Å². The molecule has 1 heterocycles. The molecule has 0 unspecified atom stereocenters. The van der Waals surface area contributed by atoms with Gasteiger partial charge in [0.15, 0.2) is 0 Å². The summed E-state index contributed by atoms with van der Waals surface area (Å²) in [6.45, 7) is 9.23. The lowest BCUT2D eigenvalue weighted by Gasteiger charge is -2.16. The summed E-state index contributed by atoms with van der Waals surface area (Å²) >= 11 is 0. The Hall–Kier alpha value is -0.920. The van der Waals surface area contributed by atoms with Crippen LogP contribution in [0.15, 0.2) is 0 Å². The van der Waals surface area contributed by atoms with Crippen molar-refractivity contribution in [3.05, 3.63) is 22.8 Å². The molecule has 0 aliphatic heterocycles. The maximum Gasteiger partial charge on any atom is 0.128 e. The van der Waals surface area contributed by atoms with Crippen LogP contribution < -0.4 is 0 Å². The zero-order valence-electron chi connectivity index (χ0n) is 52.1. The summed E-state index contributed by atoms with van der Waals surface area (Å²) in [5.41, 5.74) is 4.47. The van der Waals surface area contributed by atoms with Crippen LogP contribution in [0.2, 0.25) is 0 Å². The van der Waals surface area contributed by atoms with Crippen molar-refractivity contribution in [2.45, 2.75) is 439 Å². The summed E-state index contributed by atoms with van der Waals surface area (Å²) in [6.07, 6.45) is 91.3. The molecular formula is C72H140N2. The van der Waals surface area contributed by atoms with Crippen LogP contribution in [0, 0.1) is 0 Å². The van der Waals surface area contributed by atoms with Gasteiger partial charge in [-0.3, -0.25) is 0 Å². The molecule has 438 valence electrons. The van der Waals surface area contributed by atoms with Crippen molar-refractivity contribution in [3.8, 4) is 0 Å². The van der Waals surface area contributed by atoms with Gasteiger partial charge in [0.05, 0.1) is 0 Å². The molecule has 0 N–H and O–H groups in total. The fourth-order valence-electron chi connectivity index (χ4n) is 12.2. The van der Waals surface area contributed by atoms with E-state index in [1.165, 1.54) is 416 Å². The van der Waals surface area contributed by atoms with Gasteiger partial charge in [-0.15, -0.1) is 0 Å². The maximum atomic E-state index is 5.30. The van der Waals surface area contributed by atoms with E-state index in [9.17, 15) is 0 Å². The number of aromatic nitrogens is 2. The van der Waals surface area contributed by atoms with Crippen molar-refractivity contribution >= 4 is 0 Å². The minimum atomic E-state index is 0.970. The molecule has 0 radical (unpaired) electrons. The smallest absolute Gasteiger partial charge is 0.128 e. The lowest BCUT2D eigenvalue weighted by atomic mass is 9.96. The second-order valence-electron chi connectivity index (χ2n) is 24.8. The summed E-state index contributed by atoms with van der Waals surface area (Å²) in [5, 5.41) is 0. The van der Waals surface area contributed by atoms with E-state index in [1.807, 2.05) is 0 Å². The predicted molar refractivity (Wildman–Crippen MR) is 337 cm³/mol. The Morgan fingerprint density at radius 2 is 0.324 bits per heavy atom. The highest BCUT2D eigenvalue weighted by atomic mass is 14.9. The Kier molecular flexibility index (Phi) is 58.9. The van der Waals surface area contributed by atoms with Gasteiger partial charge in [-0.1, -0.05) is 394 Å². The van der Waals surface area contributed by atoms with Crippen LogP contribution in [0.25, 0.3) is 0 Å².